The first-order valence-corrected chi connectivity index (χ1v) is 7.25. The lowest BCUT2D eigenvalue weighted by Gasteiger charge is -2.09. The topological polar surface area (TPSA) is 77.2 Å². The molecule has 0 atom stereocenters. The van der Waals surface area contributed by atoms with Crippen molar-refractivity contribution in [1.82, 2.24) is 4.98 Å². The van der Waals surface area contributed by atoms with Crippen LogP contribution in [0.25, 0.3) is 0 Å². The van der Waals surface area contributed by atoms with Crippen molar-refractivity contribution in [2.24, 2.45) is 0 Å². The van der Waals surface area contributed by atoms with Gasteiger partial charge < -0.3 is 15.8 Å². The quantitative estimate of drug-likeness (QED) is 0.668. The molecular formula is C14H15N3O2S. The first kappa shape index (κ1) is 12.9. The molecule has 0 radical (unpaired) electrons. The molecule has 20 heavy (non-hydrogen) atoms. The Balaban J connectivity index is 1.86. The summed E-state index contributed by atoms with van der Waals surface area (Å²) in [4.78, 5) is 16.3. The normalized spacial score (nSPS) is 14.1. The molecule has 104 valence electrons. The molecule has 0 spiro atoms. The number of carbonyl (C=O) groups excluding carboxylic acids is 1. The van der Waals surface area contributed by atoms with Crippen LogP contribution in [0.3, 0.4) is 0 Å². The lowest BCUT2D eigenvalue weighted by atomic mass is 10.1. The molecule has 1 fully saturated rings. The monoisotopic (exact) mass is 289 g/mol. The second kappa shape index (κ2) is 5.13. The Morgan fingerprint density at radius 3 is 3.00 bits per heavy atom. The van der Waals surface area contributed by atoms with Gasteiger partial charge in [0, 0.05) is 17.0 Å². The Morgan fingerprint density at radius 2 is 2.30 bits per heavy atom. The highest BCUT2D eigenvalue weighted by molar-refractivity contribution is 7.13. The van der Waals surface area contributed by atoms with Crippen molar-refractivity contribution in [3.63, 3.8) is 0 Å². The van der Waals surface area contributed by atoms with Gasteiger partial charge in [0.25, 0.3) is 0 Å². The van der Waals surface area contributed by atoms with Crippen LogP contribution in [-0.2, 0) is 4.74 Å². The van der Waals surface area contributed by atoms with Crippen LogP contribution in [0.1, 0.15) is 34.8 Å². The van der Waals surface area contributed by atoms with Crippen molar-refractivity contribution in [2.75, 3.05) is 18.2 Å². The van der Waals surface area contributed by atoms with E-state index in [0.29, 0.717) is 22.9 Å². The number of aromatic nitrogens is 1. The van der Waals surface area contributed by atoms with Gasteiger partial charge in [0.2, 0.25) is 0 Å². The van der Waals surface area contributed by atoms with E-state index in [9.17, 15) is 4.79 Å². The first-order chi connectivity index (χ1) is 9.67. The summed E-state index contributed by atoms with van der Waals surface area (Å²) in [5, 5.41) is 6.01. The fraction of sp³-hybridized carbons (Fsp3) is 0.286. The molecule has 0 amide bonds. The number of nitrogen functional groups attached to an aromatic ring is 1. The number of nitrogens with two attached hydrogens (primary N) is 1. The average molecular weight is 289 g/mol. The maximum Gasteiger partial charge on any atom is 0.340 e. The SMILES string of the molecule is COC(=O)c1cc(N)ccc1Nc1nc(C2CC2)cs1. The summed E-state index contributed by atoms with van der Waals surface area (Å²) in [7, 11) is 1.35. The number of thiazole rings is 1. The van der Waals surface area contributed by atoms with Gasteiger partial charge in [-0.15, -0.1) is 11.3 Å². The summed E-state index contributed by atoms with van der Waals surface area (Å²) < 4.78 is 4.77. The van der Waals surface area contributed by atoms with E-state index in [1.165, 1.54) is 31.3 Å². The maximum absolute atomic E-state index is 11.8. The van der Waals surface area contributed by atoms with E-state index >= 15 is 0 Å². The number of nitrogens with zero attached hydrogens (tertiary/aromatic N) is 1. The van der Waals surface area contributed by atoms with Crippen LogP contribution >= 0.6 is 11.3 Å². The molecule has 5 nitrogen and oxygen atoms in total. The minimum atomic E-state index is -0.418. The van der Waals surface area contributed by atoms with E-state index < -0.39 is 5.97 Å². The Bertz CT molecular complexity index is 650. The zero-order valence-corrected chi connectivity index (χ0v) is 11.9. The molecule has 1 saturated carbocycles. The fourth-order valence-corrected chi connectivity index (χ4v) is 2.78. The number of benzene rings is 1. The van der Waals surface area contributed by atoms with Crippen LogP contribution in [-0.4, -0.2) is 18.1 Å². The predicted octanol–water partition coefficient (Wildman–Crippen LogP) is 3.13. The highest BCUT2D eigenvalue weighted by Gasteiger charge is 2.26. The standard InChI is InChI=1S/C14H15N3O2S/c1-19-13(18)10-6-9(15)4-5-11(10)16-14-17-12(7-20-14)8-2-3-8/h4-8H,2-3,15H2,1H3,(H,16,17). The summed E-state index contributed by atoms with van der Waals surface area (Å²) >= 11 is 1.54. The van der Waals surface area contributed by atoms with E-state index in [4.69, 9.17) is 10.5 Å². The molecule has 0 aliphatic heterocycles. The van der Waals surface area contributed by atoms with Crippen molar-refractivity contribution >= 4 is 33.8 Å². The van der Waals surface area contributed by atoms with E-state index in [-0.39, 0.29) is 0 Å². The van der Waals surface area contributed by atoms with Gasteiger partial charge in [-0.1, -0.05) is 0 Å². The van der Waals surface area contributed by atoms with E-state index in [1.54, 1.807) is 18.2 Å². The van der Waals surface area contributed by atoms with Crippen LogP contribution in [0.5, 0.6) is 0 Å². The molecule has 3 N–H and O–H groups in total. The molecule has 1 aromatic heterocycles. The molecule has 0 bridgehead atoms. The Labute approximate surface area is 120 Å². The van der Waals surface area contributed by atoms with E-state index in [1.807, 2.05) is 0 Å². The largest absolute Gasteiger partial charge is 0.465 e. The molecule has 0 unspecified atom stereocenters. The molecule has 1 aromatic carbocycles. The second-order valence-corrected chi connectivity index (χ2v) is 5.63. The Kier molecular flexibility index (Phi) is 3.31. The number of carbonyl (C=O) groups is 1. The second-order valence-electron chi connectivity index (χ2n) is 4.77. The van der Waals surface area contributed by atoms with Crippen molar-refractivity contribution < 1.29 is 9.53 Å². The molecular weight excluding hydrogens is 274 g/mol. The van der Waals surface area contributed by atoms with Gasteiger partial charge >= 0.3 is 5.97 Å². The number of ether oxygens (including phenoxy) is 1. The van der Waals surface area contributed by atoms with Gasteiger partial charge in [0.05, 0.1) is 24.1 Å². The molecule has 0 saturated heterocycles. The van der Waals surface area contributed by atoms with Crippen LogP contribution in [0, 0.1) is 0 Å². The van der Waals surface area contributed by atoms with Crippen LogP contribution < -0.4 is 11.1 Å². The summed E-state index contributed by atoms with van der Waals surface area (Å²) in [6.07, 6.45) is 2.44. The molecule has 1 aliphatic carbocycles. The highest BCUT2D eigenvalue weighted by atomic mass is 32.1. The molecule has 6 heteroatoms. The molecule has 1 aliphatic rings. The number of nitrogens with one attached hydrogen (secondary N) is 1. The van der Waals surface area contributed by atoms with Gasteiger partial charge in [-0.3, -0.25) is 0 Å². The third kappa shape index (κ3) is 2.60. The third-order valence-electron chi connectivity index (χ3n) is 3.21. The zero-order chi connectivity index (χ0) is 14.1. The molecule has 1 heterocycles. The van der Waals surface area contributed by atoms with Crippen LogP contribution in [0.2, 0.25) is 0 Å². The zero-order valence-electron chi connectivity index (χ0n) is 11.1. The van der Waals surface area contributed by atoms with Crippen LogP contribution in [0.4, 0.5) is 16.5 Å². The van der Waals surface area contributed by atoms with Gasteiger partial charge in [-0.05, 0) is 31.0 Å². The van der Waals surface area contributed by atoms with Crippen molar-refractivity contribution in [3.8, 4) is 0 Å². The Hall–Kier alpha value is -2.08. The fourth-order valence-electron chi connectivity index (χ4n) is 1.98. The number of hydrogen-bond donors (Lipinski definition) is 2. The smallest absolute Gasteiger partial charge is 0.340 e. The number of rotatable bonds is 4. The molecule has 2 aromatic rings. The first-order valence-electron chi connectivity index (χ1n) is 6.37. The summed E-state index contributed by atoms with van der Waals surface area (Å²) in [5.41, 5.74) is 8.44. The van der Waals surface area contributed by atoms with Gasteiger partial charge in [-0.25, -0.2) is 9.78 Å². The minimum absolute atomic E-state index is 0.413. The summed E-state index contributed by atoms with van der Waals surface area (Å²) in [6, 6.07) is 5.10. The lowest BCUT2D eigenvalue weighted by molar-refractivity contribution is 0.0602. The lowest BCUT2D eigenvalue weighted by Crippen LogP contribution is -2.06. The molecule has 3 rings (SSSR count). The number of hydrogen-bond acceptors (Lipinski definition) is 6. The summed E-state index contributed by atoms with van der Waals surface area (Å²) in [5.74, 6) is 0.201. The van der Waals surface area contributed by atoms with E-state index in [2.05, 4.69) is 15.7 Å². The maximum atomic E-state index is 11.8. The predicted molar refractivity (Wildman–Crippen MR) is 79.6 cm³/mol. The number of esters is 1. The van der Waals surface area contributed by atoms with Crippen molar-refractivity contribution in [2.45, 2.75) is 18.8 Å². The van der Waals surface area contributed by atoms with Gasteiger partial charge in [0.15, 0.2) is 5.13 Å². The van der Waals surface area contributed by atoms with Crippen molar-refractivity contribution in [3.05, 3.63) is 34.8 Å². The van der Waals surface area contributed by atoms with Crippen molar-refractivity contribution in [1.29, 1.82) is 0 Å². The number of anilines is 3. The average Bonchev–Trinajstić information content (AvgIpc) is 3.20. The van der Waals surface area contributed by atoms with Crippen LogP contribution in [0.15, 0.2) is 23.6 Å². The van der Waals surface area contributed by atoms with Gasteiger partial charge in [-0.2, -0.15) is 0 Å². The Morgan fingerprint density at radius 1 is 1.50 bits per heavy atom. The third-order valence-corrected chi connectivity index (χ3v) is 3.98. The van der Waals surface area contributed by atoms with Gasteiger partial charge in [0.1, 0.15) is 0 Å². The number of methoxy groups -OCH3 is 1. The summed E-state index contributed by atoms with van der Waals surface area (Å²) in [6.45, 7) is 0. The minimum Gasteiger partial charge on any atom is -0.465 e. The van der Waals surface area contributed by atoms with E-state index in [0.717, 1.165) is 10.8 Å². The highest BCUT2D eigenvalue weighted by Crippen LogP contribution is 2.41.